The third-order valence-corrected chi connectivity index (χ3v) is 3.00. The second-order valence-corrected chi connectivity index (χ2v) is 4.55. The molecule has 6 heteroatoms. The average molecular weight is 270 g/mol. The van der Waals surface area contributed by atoms with E-state index >= 15 is 0 Å². The van der Waals surface area contributed by atoms with Crippen molar-refractivity contribution in [2.75, 3.05) is 5.32 Å². The van der Waals surface area contributed by atoms with E-state index in [1.165, 1.54) is 6.20 Å². The van der Waals surface area contributed by atoms with Crippen LogP contribution in [-0.2, 0) is 0 Å². The highest BCUT2D eigenvalue weighted by Gasteiger charge is 2.29. The Labute approximate surface area is 115 Å². The first kappa shape index (κ1) is 13.0. The van der Waals surface area contributed by atoms with Crippen molar-refractivity contribution in [3.05, 3.63) is 35.2 Å². The molecule has 0 saturated heterocycles. The van der Waals surface area contributed by atoms with Crippen LogP contribution in [0.3, 0.4) is 0 Å². The minimum Gasteiger partial charge on any atom is -0.511 e. The molecule has 1 aliphatic carbocycles. The summed E-state index contributed by atoms with van der Waals surface area (Å²) in [6.07, 6.45) is 3.17. The molecule has 1 aromatic rings. The highest BCUT2D eigenvalue weighted by Crippen LogP contribution is 2.36. The number of hydrogen-bond donors (Lipinski definition) is 2. The summed E-state index contributed by atoms with van der Waals surface area (Å²) in [5.74, 6) is 0.539. The lowest BCUT2D eigenvalue weighted by Crippen LogP contribution is -2.14. The Balaban J connectivity index is 2.14. The fourth-order valence-electron chi connectivity index (χ4n) is 1.50. The zero-order chi connectivity index (χ0) is 13.8. The van der Waals surface area contributed by atoms with Gasteiger partial charge in [-0.2, -0.15) is 10.5 Å². The summed E-state index contributed by atoms with van der Waals surface area (Å²) in [7, 11) is 0. The zero-order valence-corrected chi connectivity index (χ0v) is 10.7. The van der Waals surface area contributed by atoms with E-state index in [1.807, 2.05) is 12.1 Å². The smallest absolute Gasteiger partial charge is 0.131 e. The molecule has 1 fully saturated rings. The first-order valence-electron chi connectivity index (χ1n) is 5.66. The molecule has 5 nitrogen and oxygen atoms in total. The molecule has 0 unspecified atom stereocenters. The van der Waals surface area contributed by atoms with Gasteiger partial charge in [0, 0.05) is 12.1 Å². The van der Waals surface area contributed by atoms with Crippen molar-refractivity contribution in [1.29, 1.82) is 10.5 Å². The summed E-state index contributed by atoms with van der Waals surface area (Å²) >= 11 is 5.08. The van der Waals surface area contributed by atoms with Crippen molar-refractivity contribution in [3.63, 3.8) is 0 Å². The van der Waals surface area contributed by atoms with Crippen molar-refractivity contribution in [3.8, 4) is 12.1 Å². The summed E-state index contributed by atoms with van der Waals surface area (Å²) in [6.45, 7) is 0. The predicted molar refractivity (Wildman–Crippen MR) is 73.2 cm³/mol. The number of rotatable bonds is 3. The second kappa shape index (κ2) is 5.47. The monoisotopic (exact) mass is 270 g/mol. The Bertz CT molecular complexity index is 618. The number of pyridine rings is 1. The Hall–Kier alpha value is -2.44. The summed E-state index contributed by atoms with van der Waals surface area (Å²) in [5, 5.41) is 30.3. The number of hydrogen-bond acceptors (Lipinski definition) is 5. The van der Waals surface area contributed by atoms with E-state index in [-0.39, 0.29) is 22.2 Å². The van der Waals surface area contributed by atoms with Crippen LogP contribution < -0.4 is 5.32 Å². The van der Waals surface area contributed by atoms with Crippen molar-refractivity contribution < 1.29 is 5.11 Å². The fraction of sp³-hybridized carbons (Fsp3) is 0.231. The van der Waals surface area contributed by atoms with Crippen molar-refractivity contribution in [2.24, 2.45) is 5.92 Å². The van der Waals surface area contributed by atoms with E-state index in [9.17, 15) is 5.11 Å². The van der Waals surface area contributed by atoms with Gasteiger partial charge in [0.1, 0.15) is 34.3 Å². The third-order valence-electron chi connectivity index (χ3n) is 2.69. The lowest BCUT2D eigenvalue weighted by molar-refractivity contribution is 0.377. The maximum atomic E-state index is 9.85. The number of anilines is 1. The maximum Gasteiger partial charge on any atom is 0.131 e. The molecule has 0 aromatic carbocycles. The average Bonchev–Trinajstić information content (AvgIpc) is 3.24. The topological polar surface area (TPSA) is 92.7 Å². The van der Waals surface area contributed by atoms with Crippen LogP contribution >= 0.6 is 12.2 Å². The SMILES string of the molecule is N#CC(C(=S)Nc1ccc(C#N)cn1)=C(O)C1CC1. The van der Waals surface area contributed by atoms with Gasteiger partial charge in [-0.15, -0.1) is 0 Å². The van der Waals surface area contributed by atoms with Crippen molar-refractivity contribution in [1.82, 2.24) is 4.98 Å². The fourth-order valence-corrected chi connectivity index (χ4v) is 1.75. The van der Waals surface area contributed by atoms with E-state index in [0.29, 0.717) is 11.4 Å². The van der Waals surface area contributed by atoms with Crippen LogP contribution in [0, 0.1) is 28.6 Å². The molecule has 0 aliphatic heterocycles. The molecule has 19 heavy (non-hydrogen) atoms. The molecule has 0 bridgehead atoms. The van der Waals surface area contributed by atoms with Crippen LogP contribution in [0.4, 0.5) is 5.82 Å². The van der Waals surface area contributed by atoms with Gasteiger partial charge in [-0.05, 0) is 25.0 Å². The molecule has 0 spiro atoms. The molecule has 94 valence electrons. The van der Waals surface area contributed by atoms with Gasteiger partial charge in [0.2, 0.25) is 0 Å². The number of aliphatic hydroxyl groups is 1. The number of nitriles is 2. The van der Waals surface area contributed by atoms with Gasteiger partial charge in [0.25, 0.3) is 0 Å². The summed E-state index contributed by atoms with van der Waals surface area (Å²) in [5.41, 5.74) is 0.525. The maximum absolute atomic E-state index is 9.85. The lowest BCUT2D eigenvalue weighted by Gasteiger charge is -2.07. The van der Waals surface area contributed by atoms with Crippen molar-refractivity contribution in [2.45, 2.75) is 12.8 Å². The molecule has 1 aliphatic rings. The molecule has 2 N–H and O–H groups in total. The van der Waals surface area contributed by atoms with E-state index < -0.39 is 0 Å². The molecule has 2 rings (SSSR count). The number of allylic oxidation sites excluding steroid dienone is 1. The quantitative estimate of drug-likeness (QED) is 0.379. The largest absolute Gasteiger partial charge is 0.511 e. The second-order valence-electron chi connectivity index (χ2n) is 4.14. The van der Waals surface area contributed by atoms with Gasteiger partial charge >= 0.3 is 0 Å². The third kappa shape index (κ3) is 3.06. The standard InChI is InChI=1S/C13H10N4OS/c14-5-8-1-4-11(16-7-8)17-13(19)10(6-15)12(18)9-2-3-9/h1,4,7,9,18H,2-3H2,(H,16,17,19). The van der Waals surface area contributed by atoms with Gasteiger partial charge in [-0.3, -0.25) is 0 Å². The highest BCUT2D eigenvalue weighted by atomic mass is 32.1. The molecule has 0 amide bonds. The van der Waals surface area contributed by atoms with E-state index in [4.69, 9.17) is 22.7 Å². The number of aromatic nitrogens is 1. The Kier molecular flexibility index (Phi) is 3.74. The molecule has 1 saturated carbocycles. The molecule has 1 aromatic heterocycles. The summed E-state index contributed by atoms with van der Waals surface area (Å²) < 4.78 is 0. The van der Waals surface area contributed by atoms with Crippen molar-refractivity contribution >= 4 is 23.0 Å². The zero-order valence-electron chi connectivity index (χ0n) is 9.92. The molecule has 1 heterocycles. The molecule has 0 atom stereocenters. The van der Waals surface area contributed by atoms with Crippen LogP contribution in [0.15, 0.2) is 29.7 Å². The van der Waals surface area contributed by atoms with E-state index in [1.54, 1.807) is 12.1 Å². The lowest BCUT2D eigenvalue weighted by atomic mass is 10.2. The predicted octanol–water partition coefficient (Wildman–Crippen LogP) is 2.44. The number of thiocarbonyl (C=S) groups is 1. The van der Waals surface area contributed by atoms with E-state index in [2.05, 4.69) is 10.3 Å². The molecular weight excluding hydrogens is 260 g/mol. The van der Waals surface area contributed by atoms with Crippen LogP contribution in [-0.4, -0.2) is 15.1 Å². The Morgan fingerprint density at radius 2 is 2.16 bits per heavy atom. The number of aliphatic hydroxyl groups excluding tert-OH is 1. The normalized spacial score (nSPS) is 14.8. The van der Waals surface area contributed by atoms with Crippen LogP contribution in [0.1, 0.15) is 18.4 Å². The van der Waals surface area contributed by atoms with Gasteiger partial charge in [0.15, 0.2) is 0 Å². The van der Waals surface area contributed by atoms with Gasteiger partial charge in [-0.25, -0.2) is 4.98 Å². The first-order valence-corrected chi connectivity index (χ1v) is 6.07. The minimum atomic E-state index is 0.0497. The minimum absolute atomic E-state index is 0.0497. The van der Waals surface area contributed by atoms with Crippen LogP contribution in [0.5, 0.6) is 0 Å². The van der Waals surface area contributed by atoms with Gasteiger partial charge < -0.3 is 10.4 Å². The molecule has 0 radical (unpaired) electrons. The first-order chi connectivity index (χ1) is 9.15. The number of nitrogens with zero attached hydrogens (tertiary/aromatic N) is 3. The highest BCUT2D eigenvalue weighted by molar-refractivity contribution is 7.81. The van der Waals surface area contributed by atoms with Gasteiger partial charge in [0.05, 0.1) is 5.56 Å². The summed E-state index contributed by atoms with van der Waals surface area (Å²) in [6, 6.07) is 7.05. The summed E-state index contributed by atoms with van der Waals surface area (Å²) in [4.78, 5) is 4.13. The van der Waals surface area contributed by atoms with Crippen LogP contribution in [0.2, 0.25) is 0 Å². The van der Waals surface area contributed by atoms with E-state index in [0.717, 1.165) is 12.8 Å². The Morgan fingerprint density at radius 1 is 1.42 bits per heavy atom. The number of nitrogens with one attached hydrogen (secondary N) is 1. The molecular formula is C13H10N4OS. The van der Waals surface area contributed by atoms with Gasteiger partial charge in [-0.1, -0.05) is 12.2 Å². The Morgan fingerprint density at radius 3 is 2.63 bits per heavy atom. The van der Waals surface area contributed by atoms with Crippen LogP contribution in [0.25, 0.3) is 0 Å².